The molecule has 0 heterocycles. The third-order valence-electron chi connectivity index (χ3n) is 2.40. The summed E-state index contributed by atoms with van der Waals surface area (Å²) < 4.78 is 13.3. The lowest BCUT2D eigenvalue weighted by atomic mass is 10.0. The summed E-state index contributed by atoms with van der Waals surface area (Å²) in [4.78, 5) is 22.9. The number of hydrogen-bond acceptors (Lipinski definition) is 2. The van der Waals surface area contributed by atoms with Crippen LogP contribution in [-0.4, -0.2) is 23.0 Å². The van der Waals surface area contributed by atoms with E-state index >= 15 is 0 Å². The summed E-state index contributed by atoms with van der Waals surface area (Å²) in [5.41, 5.74) is 0.268. The van der Waals surface area contributed by atoms with E-state index in [9.17, 15) is 14.0 Å². The molecule has 18 heavy (non-hydrogen) atoms. The summed E-state index contributed by atoms with van der Waals surface area (Å²) in [5.74, 6) is -2.27. The van der Waals surface area contributed by atoms with Crippen molar-refractivity contribution in [1.82, 2.24) is 5.32 Å². The Morgan fingerprint density at radius 3 is 2.44 bits per heavy atom. The van der Waals surface area contributed by atoms with Crippen LogP contribution in [0.1, 0.15) is 24.2 Å². The lowest BCUT2D eigenvalue weighted by Crippen LogP contribution is -2.44. The van der Waals surface area contributed by atoms with Crippen LogP contribution in [0.3, 0.4) is 0 Å². The van der Waals surface area contributed by atoms with Crippen LogP contribution >= 0.6 is 22.6 Å². The molecule has 0 bridgehead atoms. The lowest BCUT2D eigenvalue weighted by Gasteiger charge is -2.18. The molecule has 0 saturated heterocycles. The van der Waals surface area contributed by atoms with Gasteiger partial charge < -0.3 is 10.4 Å². The number of rotatable bonds is 4. The molecule has 1 rings (SSSR count). The van der Waals surface area contributed by atoms with E-state index in [4.69, 9.17) is 5.11 Å². The van der Waals surface area contributed by atoms with E-state index in [-0.39, 0.29) is 11.5 Å². The first-order valence-corrected chi connectivity index (χ1v) is 6.39. The highest BCUT2D eigenvalue weighted by Gasteiger charge is 2.24. The molecule has 0 aliphatic rings. The normalized spacial score (nSPS) is 12.3. The van der Waals surface area contributed by atoms with Gasteiger partial charge in [0.2, 0.25) is 0 Å². The quantitative estimate of drug-likeness (QED) is 0.805. The maximum Gasteiger partial charge on any atom is 0.326 e. The van der Waals surface area contributed by atoms with Crippen LogP contribution in [0.5, 0.6) is 0 Å². The molecule has 0 fully saturated rings. The number of carbonyl (C=O) groups excluding carboxylic acids is 1. The summed E-state index contributed by atoms with van der Waals surface area (Å²) in [5, 5.41) is 11.4. The second kappa shape index (κ2) is 6.12. The van der Waals surface area contributed by atoms with Gasteiger partial charge in [0.15, 0.2) is 0 Å². The Labute approximate surface area is 118 Å². The van der Waals surface area contributed by atoms with Gasteiger partial charge >= 0.3 is 5.97 Å². The smallest absolute Gasteiger partial charge is 0.326 e. The molecule has 4 nitrogen and oxygen atoms in total. The molecule has 1 amide bonds. The van der Waals surface area contributed by atoms with Crippen molar-refractivity contribution in [2.24, 2.45) is 5.92 Å². The number of nitrogens with one attached hydrogen (secondary N) is 1. The fourth-order valence-corrected chi connectivity index (χ4v) is 2.13. The Bertz CT molecular complexity index is 476. The van der Waals surface area contributed by atoms with E-state index in [0.717, 1.165) is 0 Å². The SMILES string of the molecule is CC(C)C(NC(=O)c1ccc(F)cc1I)C(=O)O. The third kappa shape index (κ3) is 3.66. The predicted octanol–water partition coefficient (Wildman–Crippen LogP) is 2.27. The number of carboxylic acids is 1. The highest BCUT2D eigenvalue weighted by molar-refractivity contribution is 14.1. The number of aliphatic carboxylic acids is 1. The van der Waals surface area contributed by atoms with Crippen LogP contribution in [0.4, 0.5) is 4.39 Å². The first-order chi connectivity index (χ1) is 8.32. The van der Waals surface area contributed by atoms with Crippen LogP contribution in [0.15, 0.2) is 18.2 Å². The summed E-state index contributed by atoms with van der Waals surface area (Å²) in [6.45, 7) is 3.41. The van der Waals surface area contributed by atoms with Gasteiger partial charge in [-0.2, -0.15) is 0 Å². The van der Waals surface area contributed by atoms with E-state index in [1.54, 1.807) is 13.8 Å². The Kier molecular flexibility index (Phi) is 5.06. The topological polar surface area (TPSA) is 66.4 Å². The average Bonchev–Trinajstić information content (AvgIpc) is 2.24. The van der Waals surface area contributed by atoms with Crippen LogP contribution in [0.2, 0.25) is 0 Å². The highest BCUT2D eigenvalue weighted by atomic mass is 127. The van der Waals surface area contributed by atoms with Gasteiger partial charge in [-0.05, 0) is 46.7 Å². The number of hydrogen-bond donors (Lipinski definition) is 2. The summed E-state index contributed by atoms with van der Waals surface area (Å²) in [6, 6.07) is 2.77. The Balaban J connectivity index is 2.91. The standard InChI is InChI=1S/C12H13FINO3/c1-6(2)10(12(17)18)15-11(16)8-4-3-7(13)5-9(8)14/h3-6,10H,1-2H3,(H,15,16)(H,17,18). The van der Waals surface area contributed by atoms with Gasteiger partial charge in [-0.15, -0.1) is 0 Å². The number of halogens is 2. The van der Waals surface area contributed by atoms with Crippen molar-refractivity contribution in [2.45, 2.75) is 19.9 Å². The number of benzene rings is 1. The molecule has 1 unspecified atom stereocenters. The van der Waals surface area contributed by atoms with Crippen LogP contribution in [0.25, 0.3) is 0 Å². The summed E-state index contributed by atoms with van der Waals surface area (Å²) in [6.07, 6.45) is 0. The van der Waals surface area contributed by atoms with Crippen molar-refractivity contribution in [3.63, 3.8) is 0 Å². The molecule has 98 valence electrons. The van der Waals surface area contributed by atoms with Gasteiger partial charge in [0, 0.05) is 3.57 Å². The molecule has 0 aromatic heterocycles. The molecule has 1 atom stereocenters. The number of amides is 1. The molecular weight excluding hydrogens is 352 g/mol. The zero-order valence-electron chi connectivity index (χ0n) is 9.91. The molecule has 1 aromatic carbocycles. The Morgan fingerprint density at radius 1 is 1.39 bits per heavy atom. The second-order valence-corrected chi connectivity index (χ2v) is 5.32. The van der Waals surface area contributed by atoms with Crippen molar-refractivity contribution in [3.8, 4) is 0 Å². The van der Waals surface area contributed by atoms with E-state index in [1.807, 2.05) is 22.6 Å². The minimum absolute atomic E-state index is 0.232. The largest absolute Gasteiger partial charge is 0.480 e. The lowest BCUT2D eigenvalue weighted by molar-refractivity contribution is -0.140. The zero-order valence-corrected chi connectivity index (χ0v) is 12.1. The monoisotopic (exact) mass is 365 g/mol. The van der Waals surface area contributed by atoms with Crippen molar-refractivity contribution in [1.29, 1.82) is 0 Å². The zero-order chi connectivity index (χ0) is 13.9. The summed E-state index contributed by atoms with van der Waals surface area (Å²) in [7, 11) is 0. The highest BCUT2D eigenvalue weighted by Crippen LogP contribution is 2.14. The van der Waals surface area contributed by atoms with Gasteiger partial charge in [0.05, 0.1) is 5.56 Å². The van der Waals surface area contributed by atoms with E-state index in [2.05, 4.69) is 5.32 Å². The van der Waals surface area contributed by atoms with E-state index in [0.29, 0.717) is 3.57 Å². The Morgan fingerprint density at radius 2 is 2.00 bits per heavy atom. The van der Waals surface area contributed by atoms with Gasteiger partial charge in [0.1, 0.15) is 11.9 Å². The molecule has 0 radical (unpaired) electrons. The fourth-order valence-electron chi connectivity index (χ4n) is 1.41. The molecule has 0 spiro atoms. The molecule has 0 aliphatic heterocycles. The predicted molar refractivity (Wildman–Crippen MR) is 72.8 cm³/mol. The molecule has 1 aromatic rings. The number of carboxylic acid groups (broad SMARTS) is 1. The second-order valence-electron chi connectivity index (χ2n) is 4.16. The summed E-state index contributed by atoms with van der Waals surface area (Å²) >= 11 is 1.83. The van der Waals surface area contributed by atoms with Crippen molar-refractivity contribution in [3.05, 3.63) is 33.1 Å². The van der Waals surface area contributed by atoms with Crippen LogP contribution < -0.4 is 5.32 Å². The molecule has 2 N–H and O–H groups in total. The van der Waals surface area contributed by atoms with Crippen molar-refractivity contribution < 1.29 is 19.1 Å². The maximum absolute atomic E-state index is 12.9. The van der Waals surface area contributed by atoms with E-state index < -0.39 is 23.7 Å². The van der Waals surface area contributed by atoms with Gasteiger partial charge in [0.25, 0.3) is 5.91 Å². The Hall–Kier alpha value is -1.18. The van der Waals surface area contributed by atoms with Gasteiger partial charge in [-0.1, -0.05) is 13.8 Å². The third-order valence-corrected chi connectivity index (χ3v) is 3.29. The minimum atomic E-state index is -1.09. The first kappa shape index (κ1) is 14.9. The maximum atomic E-state index is 12.9. The molecule has 0 saturated carbocycles. The first-order valence-electron chi connectivity index (χ1n) is 5.31. The fraction of sp³-hybridized carbons (Fsp3) is 0.333. The van der Waals surface area contributed by atoms with Gasteiger partial charge in [-0.25, -0.2) is 9.18 Å². The average molecular weight is 365 g/mol. The van der Waals surface area contributed by atoms with Crippen molar-refractivity contribution in [2.75, 3.05) is 0 Å². The van der Waals surface area contributed by atoms with Crippen LogP contribution in [-0.2, 0) is 4.79 Å². The van der Waals surface area contributed by atoms with E-state index in [1.165, 1.54) is 18.2 Å². The molecular formula is C12H13FINO3. The molecule has 0 aliphatic carbocycles. The van der Waals surface area contributed by atoms with Crippen LogP contribution in [0, 0.1) is 15.3 Å². The number of carbonyl (C=O) groups is 2. The minimum Gasteiger partial charge on any atom is -0.480 e. The van der Waals surface area contributed by atoms with Crippen molar-refractivity contribution >= 4 is 34.5 Å². The van der Waals surface area contributed by atoms with Gasteiger partial charge in [-0.3, -0.25) is 4.79 Å². The molecule has 6 heteroatoms.